The molecule has 0 radical (unpaired) electrons. The van der Waals surface area contributed by atoms with Crippen LogP contribution < -0.4 is 113 Å². The van der Waals surface area contributed by atoms with E-state index in [9.17, 15) is 4.79 Å². The van der Waals surface area contributed by atoms with Crippen LogP contribution in [0, 0.1) is 0 Å². The van der Waals surface area contributed by atoms with Crippen molar-refractivity contribution in [3.8, 4) is 5.75 Å². The Morgan fingerprint density at radius 3 is 2.00 bits per heavy atom. The zero-order chi connectivity index (χ0) is 12.0. The molecule has 0 saturated carbocycles. The molecular formula is C8H4Cl2K2O5. The first kappa shape index (κ1) is 23.9. The van der Waals surface area contributed by atoms with Crippen molar-refractivity contribution in [3.63, 3.8) is 0 Å². The Kier molecular flexibility index (Phi) is 18.0. The van der Waals surface area contributed by atoms with Crippen LogP contribution >= 0.6 is 23.2 Å². The minimum Gasteiger partial charge on any atom is -0.652 e. The average molecular weight is 329 g/mol. The Morgan fingerprint density at radius 2 is 1.65 bits per heavy atom. The van der Waals surface area contributed by atoms with Crippen molar-refractivity contribution in [3.05, 3.63) is 27.7 Å². The monoisotopic (exact) mass is 328 g/mol. The number of carboxylic acid groups (broad SMARTS) is 2. The number of benzene rings is 1. The number of rotatable bonds is 1. The van der Waals surface area contributed by atoms with Crippen LogP contribution in [0.4, 0.5) is 4.79 Å². The van der Waals surface area contributed by atoms with Gasteiger partial charge in [-0.1, -0.05) is 23.2 Å². The minimum atomic E-state index is -2.33. The molecule has 1 aromatic rings. The van der Waals surface area contributed by atoms with Crippen molar-refractivity contribution in [1.82, 2.24) is 0 Å². The van der Waals surface area contributed by atoms with Gasteiger partial charge >= 0.3 is 103 Å². The molecule has 0 aliphatic rings. The average Bonchev–Trinajstić information content (AvgIpc) is 2.10. The molecule has 1 aromatic carbocycles. The van der Waals surface area contributed by atoms with E-state index in [1.807, 2.05) is 0 Å². The van der Waals surface area contributed by atoms with Crippen molar-refractivity contribution in [2.45, 2.75) is 0 Å². The largest absolute Gasteiger partial charge is 1.00 e. The first-order chi connectivity index (χ1) is 6.88. The molecule has 0 fully saturated rings. The summed E-state index contributed by atoms with van der Waals surface area (Å²) in [6, 6.07) is 2.71. The molecule has 0 bridgehead atoms. The second-order valence-electron chi connectivity index (χ2n) is 2.19. The van der Waals surface area contributed by atoms with Gasteiger partial charge in [0.25, 0.3) is 0 Å². The van der Waals surface area contributed by atoms with E-state index in [0.717, 1.165) is 0 Å². The number of carbonyl (C=O) groups excluding carboxylic acids is 2. The molecule has 0 saturated heterocycles. The molecule has 0 atom stereocenters. The van der Waals surface area contributed by atoms with Gasteiger partial charge in [0, 0.05) is 5.02 Å². The molecule has 82 valence electrons. The molecule has 0 heterocycles. The summed E-state index contributed by atoms with van der Waals surface area (Å²) in [5.41, 5.74) is 0.0995. The number of phenolic OH excluding ortho intramolecular Hbond substituents is 1. The summed E-state index contributed by atoms with van der Waals surface area (Å²) in [4.78, 5) is 18.6. The van der Waals surface area contributed by atoms with Gasteiger partial charge in [0.05, 0.1) is 10.6 Å². The first-order valence-corrected chi connectivity index (χ1v) is 4.15. The maximum atomic E-state index is 10.3. The van der Waals surface area contributed by atoms with Crippen molar-refractivity contribution in [1.29, 1.82) is 0 Å². The van der Waals surface area contributed by atoms with Gasteiger partial charge in [0.2, 0.25) is 0 Å². The van der Waals surface area contributed by atoms with Crippen molar-refractivity contribution >= 4 is 35.6 Å². The molecular weight excluding hydrogens is 325 g/mol. The third-order valence-corrected chi connectivity index (χ3v) is 1.69. The molecule has 17 heavy (non-hydrogen) atoms. The molecule has 0 aromatic heterocycles. The normalized spacial score (nSPS) is 7.65. The first-order valence-electron chi connectivity index (χ1n) is 3.39. The Bertz CT molecular complexity index is 382. The summed E-state index contributed by atoms with van der Waals surface area (Å²) in [7, 11) is 0. The van der Waals surface area contributed by atoms with Crippen LogP contribution in [0.3, 0.4) is 0 Å². The summed E-state index contributed by atoms with van der Waals surface area (Å²) >= 11 is 11.1. The second-order valence-corrected chi connectivity index (χ2v) is 3.04. The molecule has 5 nitrogen and oxygen atoms in total. The van der Waals surface area contributed by atoms with Gasteiger partial charge in [-0.25, -0.2) is 0 Å². The van der Waals surface area contributed by atoms with E-state index >= 15 is 0 Å². The summed E-state index contributed by atoms with van der Waals surface area (Å²) < 4.78 is 0. The molecule has 0 aliphatic carbocycles. The number of aldehydes is 1. The number of hydrogen-bond acceptors (Lipinski definition) is 5. The van der Waals surface area contributed by atoms with Gasteiger partial charge in [-0.05, 0) is 18.3 Å². The molecule has 0 spiro atoms. The zero-order valence-electron chi connectivity index (χ0n) is 9.07. The van der Waals surface area contributed by atoms with Gasteiger partial charge < -0.3 is 20.1 Å². The van der Waals surface area contributed by atoms with Crippen molar-refractivity contribution in [2.75, 3.05) is 0 Å². The fourth-order valence-electron chi connectivity index (χ4n) is 0.676. The number of carbonyl (C=O) groups is 2. The third-order valence-electron chi connectivity index (χ3n) is 1.18. The van der Waals surface area contributed by atoms with Crippen LogP contribution in [0.2, 0.25) is 10.0 Å². The van der Waals surface area contributed by atoms with E-state index in [1.54, 1.807) is 0 Å². The van der Waals surface area contributed by atoms with E-state index < -0.39 is 6.16 Å². The number of phenols is 1. The molecule has 0 unspecified atom stereocenters. The van der Waals surface area contributed by atoms with Crippen molar-refractivity contribution < 1.29 is 128 Å². The van der Waals surface area contributed by atoms with Crippen LogP contribution in [0.25, 0.3) is 0 Å². The Labute approximate surface area is 192 Å². The molecule has 0 amide bonds. The van der Waals surface area contributed by atoms with E-state index in [1.165, 1.54) is 12.1 Å². The van der Waals surface area contributed by atoms with E-state index in [4.69, 9.17) is 43.3 Å². The Balaban J connectivity index is -0.000000289. The standard InChI is InChI=1S/C7H4Cl2O2.CH2O3.2K/c8-5-1-4(3-10)7(11)6(9)2-5;2-1(3)4;;/h1-3,11H;(H2,2,3,4);;/q;;2*+1/p-2. The summed E-state index contributed by atoms with van der Waals surface area (Å²) in [5, 5.41) is 26.2. The maximum Gasteiger partial charge on any atom is 1.00 e. The van der Waals surface area contributed by atoms with E-state index in [-0.39, 0.29) is 119 Å². The Hall–Kier alpha value is 1.81. The van der Waals surface area contributed by atoms with Crippen LogP contribution in [0.15, 0.2) is 12.1 Å². The number of aromatic hydroxyl groups is 1. The summed E-state index contributed by atoms with van der Waals surface area (Å²) in [6.45, 7) is 0. The summed E-state index contributed by atoms with van der Waals surface area (Å²) in [6.07, 6.45) is -1.84. The SMILES string of the molecule is O=C([O-])[O-].O=Cc1cc(Cl)cc(Cl)c1O.[K+].[K+]. The molecule has 0 aliphatic heterocycles. The number of hydrogen-bond donors (Lipinski definition) is 1. The zero-order valence-corrected chi connectivity index (χ0v) is 16.8. The van der Waals surface area contributed by atoms with Gasteiger partial charge in [-0.3, -0.25) is 4.79 Å². The third kappa shape index (κ3) is 11.3. The summed E-state index contributed by atoms with van der Waals surface area (Å²) in [5.74, 6) is -0.230. The van der Waals surface area contributed by atoms with Crippen molar-refractivity contribution in [2.24, 2.45) is 0 Å². The predicted molar refractivity (Wildman–Crippen MR) is 48.9 cm³/mol. The predicted octanol–water partition coefficient (Wildman–Crippen LogP) is -5.93. The topological polar surface area (TPSA) is 100 Å². The minimum absolute atomic E-state index is 0. The second kappa shape index (κ2) is 12.8. The molecule has 1 rings (SSSR count). The quantitative estimate of drug-likeness (QED) is 0.408. The maximum absolute atomic E-state index is 10.3. The number of halogens is 2. The van der Waals surface area contributed by atoms with E-state index in [2.05, 4.69) is 0 Å². The smallest absolute Gasteiger partial charge is 0.652 e. The van der Waals surface area contributed by atoms with Crippen LogP contribution in [-0.4, -0.2) is 17.5 Å². The van der Waals surface area contributed by atoms with Gasteiger partial charge in [0.15, 0.2) is 6.29 Å². The van der Waals surface area contributed by atoms with Crippen LogP contribution in [0.5, 0.6) is 5.75 Å². The van der Waals surface area contributed by atoms with Crippen LogP contribution in [-0.2, 0) is 0 Å². The molecule has 9 heteroatoms. The Morgan fingerprint density at radius 1 is 1.24 bits per heavy atom. The fraction of sp³-hybridized carbons (Fsp3) is 0. The van der Waals surface area contributed by atoms with Gasteiger partial charge in [-0.15, -0.1) is 0 Å². The fourth-order valence-corrected chi connectivity index (χ4v) is 1.18. The van der Waals surface area contributed by atoms with Crippen LogP contribution in [0.1, 0.15) is 10.4 Å². The van der Waals surface area contributed by atoms with Gasteiger partial charge in [0.1, 0.15) is 5.75 Å². The van der Waals surface area contributed by atoms with Gasteiger partial charge in [-0.2, -0.15) is 0 Å². The van der Waals surface area contributed by atoms with E-state index in [0.29, 0.717) is 11.3 Å². The molecule has 1 N–H and O–H groups in total.